The van der Waals surface area contributed by atoms with Crippen LogP contribution in [0.25, 0.3) is 0 Å². The first-order chi connectivity index (χ1) is 12.1. The molecule has 0 aliphatic heterocycles. The molecule has 3 aromatic rings. The number of para-hydroxylation sites is 1. The summed E-state index contributed by atoms with van der Waals surface area (Å²) in [5.41, 5.74) is 1.97. The monoisotopic (exact) mass is 356 g/mol. The maximum Gasteiger partial charge on any atom is 0.264 e. The average Bonchev–Trinajstić information content (AvgIpc) is 3.03. The Morgan fingerprint density at radius 3 is 2.72 bits per heavy atom. The number of rotatable bonds is 6. The van der Waals surface area contributed by atoms with Crippen molar-refractivity contribution in [3.63, 3.8) is 0 Å². The van der Waals surface area contributed by atoms with Gasteiger partial charge in [-0.15, -0.1) is 11.3 Å². The van der Waals surface area contributed by atoms with E-state index in [2.05, 4.69) is 10.3 Å². The van der Waals surface area contributed by atoms with Crippen molar-refractivity contribution in [3.8, 4) is 5.75 Å². The van der Waals surface area contributed by atoms with E-state index in [-0.39, 0.29) is 18.3 Å². The third-order valence-electron chi connectivity index (χ3n) is 3.54. The molecule has 0 saturated heterocycles. The van der Waals surface area contributed by atoms with Gasteiger partial charge in [-0.05, 0) is 36.2 Å². The number of thiazole rings is 1. The van der Waals surface area contributed by atoms with Crippen molar-refractivity contribution < 1.29 is 13.9 Å². The lowest BCUT2D eigenvalue weighted by Crippen LogP contribution is -2.20. The zero-order valence-corrected chi connectivity index (χ0v) is 14.5. The van der Waals surface area contributed by atoms with Crippen LogP contribution in [0.1, 0.15) is 16.0 Å². The number of carbonyl (C=O) groups excluding carboxylic acids is 1. The first-order valence-corrected chi connectivity index (χ1v) is 8.59. The second kappa shape index (κ2) is 7.90. The van der Waals surface area contributed by atoms with E-state index < -0.39 is 0 Å². The fourth-order valence-electron chi connectivity index (χ4n) is 2.27. The van der Waals surface area contributed by atoms with Gasteiger partial charge >= 0.3 is 0 Å². The van der Waals surface area contributed by atoms with Crippen LogP contribution in [0.5, 0.6) is 5.75 Å². The molecule has 3 rings (SSSR count). The van der Waals surface area contributed by atoms with Crippen LogP contribution in [0.3, 0.4) is 0 Å². The minimum absolute atomic E-state index is 0.0717. The smallest absolute Gasteiger partial charge is 0.264 e. The maximum absolute atomic E-state index is 12.9. The van der Waals surface area contributed by atoms with Crippen LogP contribution in [0.15, 0.2) is 54.7 Å². The summed E-state index contributed by atoms with van der Waals surface area (Å²) < 4.78 is 18.4. The van der Waals surface area contributed by atoms with Crippen LogP contribution >= 0.6 is 11.3 Å². The van der Waals surface area contributed by atoms with Gasteiger partial charge in [0, 0.05) is 17.5 Å². The minimum Gasteiger partial charge on any atom is -0.483 e. The number of benzene rings is 2. The lowest BCUT2D eigenvalue weighted by Gasteiger charge is -2.07. The van der Waals surface area contributed by atoms with Gasteiger partial charge in [-0.3, -0.25) is 10.1 Å². The predicted molar refractivity (Wildman–Crippen MR) is 96.6 cm³/mol. The quantitative estimate of drug-likeness (QED) is 0.720. The third-order valence-corrected chi connectivity index (χ3v) is 4.46. The Morgan fingerprint density at radius 1 is 1.20 bits per heavy atom. The summed E-state index contributed by atoms with van der Waals surface area (Å²) in [5, 5.41) is 3.25. The number of hydrogen-bond donors (Lipinski definition) is 1. The van der Waals surface area contributed by atoms with Gasteiger partial charge in [-0.2, -0.15) is 0 Å². The third kappa shape index (κ3) is 4.87. The molecule has 0 unspecified atom stereocenters. The van der Waals surface area contributed by atoms with Crippen LogP contribution in [0.4, 0.5) is 9.52 Å². The number of amides is 1. The molecule has 1 amide bonds. The van der Waals surface area contributed by atoms with Crippen LogP contribution < -0.4 is 10.1 Å². The zero-order valence-electron chi connectivity index (χ0n) is 13.7. The van der Waals surface area contributed by atoms with Crippen LogP contribution in [-0.2, 0) is 11.2 Å². The first kappa shape index (κ1) is 17.1. The Morgan fingerprint density at radius 2 is 1.96 bits per heavy atom. The Hall–Kier alpha value is -2.73. The summed E-state index contributed by atoms with van der Waals surface area (Å²) in [7, 11) is 0. The molecule has 0 radical (unpaired) electrons. The number of ether oxygens (including phenoxy) is 1. The molecular formula is C19H17FN2O2S. The fraction of sp³-hybridized carbons (Fsp3) is 0.158. The highest BCUT2D eigenvalue weighted by Crippen LogP contribution is 2.21. The minimum atomic E-state index is -0.258. The number of carbonyl (C=O) groups is 1. The molecule has 0 aliphatic rings. The SMILES string of the molecule is Cc1ccccc1OCC(=O)Nc1ncc(Cc2ccc(F)cc2)s1. The first-order valence-electron chi connectivity index (χ1n) is 7.77. The molecule has 0 atom stereocenters. The summed E-state index contributed by atoms with van der Waals surface area (Å²) >= 11 is 1.39. The van der Waals surface area contributed by atoms with Gasteiger partial charge in [0.25, 0.3) is 5.91 Å². The number of hydrogen-bond acceptors (Lipinski definition) is 4. The molecule has 128 valence electrons. The average molecular weight is 356 g/mol. The number of nitrogens with zero attached hydrogens (tertiary/aromatic N) is 1. The van der Waals surface area contributed by atoms with Crippen LogP contribution in [-0.4, -0.2) is 17.5 Å². The normalized spacial score (nSPS) is 10.5. The van der Waals surface area contributed by atoms with Crippen molar-refractivity contribution in [2.24, 2.45) is 0 Å². The Labute approximate surface area is 149 Å². The molecule has 0 saturated carbocycles. The summed E-state index contributed by atoms with van der Waals surface area (Å²) in [6.45, 7) is 1.85. The van der Waals surface area contributed by atoms with E-state index in [1.54, 1.807) is 18.3 Å². The lowest BCUT2D eigenvalue weighted by atomic mass is 10.1. The zero-order chi connectivity index (χ0) is 17.6. The van der Waals surface area contributed by atoms with Gasteiger partial charge in [0.15, 0.2) is 11.7 Å². The predicted octanol–water partition coefficient (Wildman–Crippen LogP) is 4.20. The fourth-order valence-corrected chi connectivity index (χ4v) is 3.13. The van der Waals surface area contributed by atoms with Gasteiger partial charge in [0.05, 0.1) is 0 Å². The van der Waals surface area contributed by atoms with Crippen LogP contribution in [0.2, 0.25) is 0 Å². The molecule has 1 N–H and O–H groups in total. The van der Waals surface area contributed by atoms with Gasteiger partial charge in [0.1, 0.15) is 11.6 Å². The number of aryl methyl sites for hydroxylation is 1. The van der Waals surface area contributed by atoms with E-state index in [9.17, 15) is 9.18 Å². The Balaban J connectivity index is 1.53. The van der Waals surface area contributed by atoms with Crippen molar-refractivity contribution >= 4 is 22.4 Å². The second-order valence-corrected chi connectivity index (χ2v) is 6.65. The van der Waals surface area contributed by atoms with Crippen molar-refractivity contribution in [1.82, 2.24) is 4.98 Å². The number of aromatic nitrogens is 1. The van der Waals surface area contributed by atoms with Crippen molar-refractivity contribution in [3.05, 3.63) is 76.5 Å². The summed E-state index contributed by atoms with van der Waals surface area (Å²) in [6.07, 6.45) is 2.36. The van der Waals surface area contributed by atoms with Crippen molar-refractivity contribution in [2.75, 3.05) is 11.9 Å². The van der Waals surface area contributed by atoms with Crippen LogP contribution in [0, 0.1) is 12.7 Å². The molecule has 25 heavy (non-hydrogen) atoms. The molecule has 2 aromatic carbocycles. The van der Waals surface area contributed by atoms with E-state index in [1.165, 1.54) is 23.5 Å². The summed E-state index contributed by atoms with van der Waals surface area (Å²) in [6, 6.07) is 13.9. The van der Waals surface area contributed by atoms with E-state index in [1.807, 2.05) is 31.2 Å². The van der Waals surface area contributed by atoms with E-state index in [0.717, 1.165) is 16.0 Å². The molecule has 1 heterocycles. The van der Waals surface area contributed by atoms with Gasteiger partial charge in [0.2, 0.25) is 0 Å². The Bertz CT molecular complexity index is 862. The number of anilines is 1. The van der Waals surface area contributed by atoms with E-state index in [0.29, 0.717) is 17.3 Å². The second-order valence-electron chi connectivity index (χ2n) is 5.54. The van der Waals surface area contributed by atoms with Crippen molar-refractivity contribution in [2.45, 2.75) is 13.3 Å². The van der Waals surface area contributed by atoms with Crippen molar-refractivity contribution in [1.29, 1.82) is 0 Å². The highest BCUT2D eigenvalue weighted by atomic mass is 32.1. The highest BCUT2D eigenvalue weighted by Gasteiger charge is 2.09. The molecule has 0 spiro atoms. The van der Waals surface area contributed by atoms with Gasteiger partial charge in [-0.25, -0.2) is 9.37 Å². The molecule has 0 bridgehead atoms. The highest BCUT2D eigenvalue weighted by molar-refractivity contribution is 7.15. The molecule has 4 nitrogen and oxygen atoms in total. The molecule has 0 fully saturated rings. The molecule has 0 aliphatic carbocycles. The van der Waals surface area contributed by atoms with Gasteiger partial charge in [-0.1, -0.05) is 30.3 Å². The Kier molecular flexibility index (Phi) is 5.40. The lowest BCUT2D eigenvalue weighted by molar-refractivity contribution is -0.118. The number of nitrogens with one attached hydrogen (secondary N) is 1. The largest absolute Gasteiger partial charge is 0.483 e. The summed E-state index contributed by atoms with van der Waals surface area (Å²) in [4.78, 5) is 17.2. The molecule has 6 heteroatoms. The van der Waals surface area contributed by atoms with E-state index >= 15 is 0 Å². The maximum atomic E-state index is 12.9. The standard InChI is InChI=1S/C19H17FN2O2S/c1-13-4-2-3-5-17(13)24-12-18(23)22-19-21-11-16(25-19)10-14-6-8-15(20)9-7-14/h2-9,11H,10,12H2,1H3,(H,21,22,23). The summed E-state index contributed by atoms with van der Waals surface area (Å²) in [5.74, 6) is 0.175. The topological polar surface area (TPSA) is 51.2 Å². The molecule has 1 aromatic heterocycles. The number of halogens is 1. The molecular weight excluding hydrogens is 339 g/mol. The van der Waals surface area contributed by atoms with Gasteiger partial charge < -0.3 is 4.74 Å². The van der Waals surface area contributed by atoms with E-state index in [4.69, 9.17) is 4.74 Å².